The summed E-state index contributed by atoms with van der Waals surface area (Å²) in [4.78, 5) is 13.8. The number of piperidine rings is 1. The number of rotatable bonds is 1. The number of aliphatic hydroxyl groups is 1. The summed E-state index contributed by atoms with van der Waals surface area (Å²) in [5.41, 5.74) is -4.26. The summed E-state index contributed by atoms with van der Waals surface area (Å²) < 4.78 is 74.2. The molecule has 1 aromatic rings. The third kappa shape index (κ3) is 3.26. The third-order valence-corrected chi connectivity index (χ3v) is 5.05. The monoisotopic (exact) mass is 393 g/mol. The van der Waals surface area contributed by atoms with Gasteiger partial charge in [-0.2, -0.15) is 0 Å². The number of hydrogen-bond acceptors (Lipinski definition) is 3. The number of ether oxygens (including phenoxy) is 1. The maximum Gasteiger partial charge on any atom is 0.410 e. The van der Waals surface area contributed by atoms with Crippen molar-refractivity contribution in [1.82, 2.24) is 4.90 Å². The van der Waals surface area contributed by atoms with Gasteiger partial charge in [-0.25, -0.2) is 26.7 Å². The number of fused-ring (bicyclic) bond motifs is 2. The fourth-order valence-corrected chi connectivity index (χ4v) is 4.06. The van der Waals surface area contributed by atoms with Gasteiger partial charge in [-0.3, -0.25) is 0 Å². The minimum absolute atomic E-state index is 0.346. The lowest BCUT2D eigenvalue weighted by molar-refractivity contribution is -0.0665. The molecule has 1 amide bonds. The quantitative estimate of drug-likeness (QED) is 0.443. The van der Waals surface area contributed by atoms with Crippen molar-refractivity contribution < 1.29 is 36.6 Å². The van der Waals surface area contributed by atoms with Crippen LogP contribution in [-0.4, -0.2) is 33.8 Å². The second-order valence-electron chi connectivity index (χ2n) is 8.16. The van der Waals surface area contributed by atoms with Crippen molar-refractivity contribution in [2.24, 2.45) is 0 Å². The van der Waals surface area contributed by atoms with Gasteiger partial charge >= 0.3 is 6.09 Å². The third-order valence-electron chi connectivity index (χ3n) is 5.05. The Balaban J connectivity index is 1.96. The van der Waals surface area contributed by atoms with Crippen LogP contribution in [0.15, 0.2) is 0 Å². The first-order chi connectivity index (χ1) is 12.4. The van der Waals surface area contributed by atoms with E-state index in [4.69, 9.17) is 4.74 Å². The summed E-state index contributed by atoms with van der Waals surface area (Å²) in [5.74, 6) is -10.6. The molecule has 2 heterocycles. The van der Waals surface area contributed by atoms with Gasteiger partial charge < -0.3 is 14.7 Å². The van der Waals surface area contributed by atoms with Gasteiger partial charge in [0.05, 0.1) is 11.2 Å². The molecule has 0 spiro atoms. The van der Waals surface area contributed by atoms with Crippen molar-refractivity contribution in [1.29, 1.82) is 0 Å². The maximum atomic E-state index is 14.2. The zero-order valence-electron chi connectivity index (χ0n) is 15.1. The maximum absolute atomic E-state index is 14.2. The molecule has 2 atom stereocenters. The zero-order chi connectivity index (χ0) is 20.3. The van der Waals surface area contributed by atoms with Gasteiger partial charge in [0.25, 0.3) is 0 Å². The van der Waals surface area contributed by atoms with Crippen LogP contribution in [0.4, 0.5) is 26.7 Å². The van der Waals surface area contributed by atoms with Gasteiger partial charge in [-0.05, 0) is 33.6 Å². The van der Waals surface area contributed by atoms with E-state index >= 15 is 0 Å². The van der Waals surface area contributed by atoms with E-state index in [0.29, 0.717) is 12.8 Å². The van der Waals surface area contributed by atoms with Crippen LogP contribution in [0.3, 0.4) is 0 Å². The normalized spacial score (nSPS) is 27.8. The highest BCUT2D eigenvalue weighted by Gasteiger charge is 2.53. The van der Waals surface area contributed by atoms with E-state index in [1.165, 1.54) is 4.90 Å². The first-order valence-electron chi connectivity index (χ1n) is 8.61. The molecule has 0 aromatic heterocycles. The Morgan fingerprint density at radius 2 is 1.37 bits per heavy atom. The molecule has 0 aliphatic carbocycles. The van der Waals surface area contributed by atoms with Crippen molar-refractivity contribution in [3.63, 3.8) is 0 Å². The molecule has 2 bridgehead atoms. The molecule has 2 fully saturated rings. The van der Waals surface area contributed by atoms with Crippen LogP contribution < -0.4 is 0 Å². The summed E-state index contributed by atoms with van der Waals surface area (Å²) in [6.45, 7) is 5.05. The molecular formula is C18H20F5NO3. The van der Waals surface area contributed by atoms with Crippen LogP contribution >= 0.6 is 0 Å². The standard InChI is InChI=1S/C18H20F5NO3/c1-17(2,3)27-16(25)24-8-4-5-9(24)7-18(26,6-8)10-11(19)13(21)15(23)14(22)12(10)20/h8-9,26H,4-7H2,1-3H3. The Labute approximate surface area is 152 Å². The minimum Gasteiger partial charge on any atom is -0.444 e. The summed E-state index contributed by atoms with van der Waals surface area (Å²) in [6, 6.07) is -1.25. The van der Waals surface area contributed by atoms with E-state index in [2.05, 4.69) is 0 Å². The molecule has 1 N–H and O–H groups in total. The smallest absolute Gasteiger partial charge is 0.410 e. The Bertz CT molecular complexity index is 749. The van der Waals surface area contributed by atoms with Gasteiger partial charge in [0.15, 0.2) is 23.3 Å². The minimum atomic E-state index is -2.27. The van der Waals surface area contributed by atoms with E-state index in [9.17, 15) is 31.9 Å². The van der Waals surface area contributed by atoms with Crippen LogP contribution in [0.2, 0.25) is 0 Å². The molecule has 27 heavy (non-hydrogen) atoms. The van der Waals surface area contributed by atoms with Gasteiger partial charge in [0, 0.05) is 24.9 Å². The first-order valence-corrected chi connectivity index (χ1v) is 8.61. The lowest BCUT2D eigenvalue weighted by Crippen LogP contribution is -2.53. The van der Waals surface area contributed by atoms with Crippen LogP contribution in [0, 0.1) is 29.1 Å². The van der Waals surface area contributed by atoms with Gasteiger partial charge in [0.1, 0.15) is 5.60 Å². The van der Waals surface area contributed by atoms with Crippen LogP contribution in [-0.2, 0) is 10.3 Å². The lowest BCUT2D eigenvalue weighted by atomic mass is 9.80. The zero-order valence-corrected chi connectivity index (χ0v) is 15.1. The summed E-state index contributed by atoms with van der Waals surface area (Å²) >= 11 is 0. The second-order valence-corrected chi connectivity index (χ2v) is 8.16. The highest BCUT2D eigenvalue weighted by molar-refractivity contribution is 5.70. The lowest BCUT2D eigenvalue weighted by Gasteiger charge is -2.44. The molecule has 2 unspecified atom stereocenters. The Kier molecular flexibility index (Phi) is 4.65. The summed E-state index contributed by atoms with van der Waals surface area (Å²) in [5, 5.41) is 10.8. The SMILES string of the molecule is CC(C)(C)OC(=O)N1C2CCC1CC(O)(c1c(F)c(F)c(F)c(F)c1F)C2. The molecule has 150 valence electrons. The molecule has 3 rings (SSSR count). The number of hydrogen-bond donors (Lipinski definition) is 1. The molecular weight excluding hydrogens is 373 g/mol. The van der Waals surface area contributed by atoms with Crippen molar-refractivity contribution >= 4 is 6.09 Å². The van der Waals surface area contributed by atoms with E-state index < -0.39 is 64.0 Å². The number of benzene rings is 1. The predicted molar refractivity (Wildman–Crippen MR) is 84.2 cm³/mol. The molecule has 2 saturated heterocycles. The molecule has 2 aliphatic heterocycles. The van der Waals surface area contributed by atoms with Crippen LogP contribution in [0.25, 0.3) is 0 Å². The molecule has 4 nitrogen and oxygen atoms in total. The predicted octanol–water partition coefficient (Wildman–Crippen LogP) is 4.13. The fraction of sp³-hybridized carbons (Fsp3) is 0.611. The molecule has 0 saturated carbocycles. The number of carbonyl (C=O) groups excluding carboxylic acids is 1. The summed E-state index contributed by atoms with van der Waals surface area (Å²) in [6.07, 6.45) is -0.458. The van der Waals surface area contributed by atoms with Crippen molar-refractivity contribution in [2.75, 3.05) is 0 Å². The Hall–Kier alpha value is -1.90. The van der Waals surface area contributed by atoms with E-state index in [1.807, 2.05) is 0 Å². The summed E-state index contributed by atoms with van der Waals surface area (Å²) in [7, 11) is 0. The van der Waals surface area contributed by atoms with Crippen molar-refractivity contribution in [3.8, 4) is 0 Å². The average Bonchev–Trinajstić information content (AvgIpc) is 2.82. The molecule has 0 radical (unpaired) electrons. The van der Waals surface area contributed by atoms with Gasteiger partial charge in [-0.15, -0.1) is 0 Å². The fourth-order valence-electron chi connectivity index (χ4n) is 4.06. The van der Waals surface area contributed by atoms with Crippen molar-refractivity contribution in [3.05, 3.63) is 34.6 Å². The number of halogens is 5. The highest BCUT2D eigenvalue weighted by atomic mass is 19.2. The van der Waals surface area contributed by atoms with Crippen LogP contribution in [0.5, 0.6) is 0 Å². The largest absolute Gasteiger partial charge is 0.444 e. The molecule has 2 aliphatic rings. The van der Waals surface area contributed by atoms with E-state index in [1.54, 1.807) is 20.8 Å². The number of amides is 1. The van der Waals surface area contributed by atoms with Crippen LogP contribution in [0.1, 0.15) is 52.0 Å². The van der Waals surface area contributed by atoms with Gasteiger partial charge in [0.2, 0.25) is 5.82 Å². The van der Waals surface area contributed by atoms with Gasteiger partial charge in [-0.1, -0.05) is 0 Å². The topological polar surface area (TPSA) is 49.8 Å². The average molecular weight is 393 g/mol. The number of carbonyl (C=O) groups is 1. The molecule has 1 aromatic carbocycles. The first kappa shape index (κ1) is 19.9. The highest BCUT2D eigenvalue weighted by Crippen LogP contribution is 2.48. The molecule has 9 heteroatoms. The van der Waals surface area contributed by atoms with E-state index in [0.717, 1.165) is 0 Å². The Morgan fingerprint density at radius 3 is 1.78 bits per heavy atom. The van der Waals surface area contributed by atoms with E-state index in [-0.39, 0.29) is 12.8 Å². The second kappa shape index (κ2) is 6.32. The number of nitrogens with zero attached hydrogens (tertiary/aromatic N) is 1. The Morgan fingerprint density at radius 1 is 0.963 bits per heavy atom. The van der Waals surface area contributed by atoms with Crippen molar-refractivity contribution in [2.45, 2.75) is 69.7 Å².